The summed E-state index contributed by atoms with van der Waals surface area (Å²) in [5, 5.41) is 10.0. The minimum absolute atomic E-state index is 0.0316. The second kappa shape index (κ2) is 4.83. The zero-order valence-corrected chi connectivity index (χ0v) is 14.2. The van der Waals surface area contributed by atoms with E-state index in [-0.39, 0.29) is 11.8 Å². The Morgan fingerprint density at radius 1 is 1.12 bits per heavy atom. The third-order valence-electron chi connectivity index (χ3n) is 5.63. The minimum Gasteiger partial charge on any atom is -0.300 e. The number of hydrogen-bond donors (Lipinski definition) is 0. The third kappa shape index (κ3) is 1.68. The molecule has 1 atom stereocenters. The van der Waals surface area contributed by atoms with Gasteiger partial charge in [-0.3, -0.25) is 14.2 Å². The minimum atomic E-state index is -0.592. The maximum Gasteiger partial charge on any atom is 0.264 e. The van der Waals surface area contributed by atoms with Crippen molar-refractivity contribution in [2.75, 3.05) is 4.90 Å². The van der Waals surface area contributed by atoms with Crippen molar-refractivity contribution in [2.24, 2.45) is 0 Å². The van der Waals surface area contributed by atoms with Crippen molar-refractivity contribution in [1.29, 1.82) is 5.26 Å². The fourth-order valence-corrected chi connectivity index (χ4v) is 4.36. The van der Waals surface area contributed by atoms with Gasteiger partial charge in [0.2, 0.25) is 5.91 Å². The van der Waals surface area contributed by atoms with E-state index in [2.05, 4.69) is 6.07 Å². The second-order valence-electron chi connectivity index (χ2n) is 7.08. The lowest BCUT2D eigenvalue weighted by Crippen LogP contribution is -2.41. The Hall–Kier alpha value is -3.39. The van der Waals surface area contributed by atoms with Gasteiger partial charge in [0.25, 0.3) is 5.91 Å². The fraction of sp³-hybridized carbons (Fsp3) is 0.190. The van der Waals surface area contributed by atoms with E-state index in [4.69, 9.17) is 0 Å². The van der Waals surface area contributed by atoms with Gasteiger partial charge in [-0.15, -0.1) is 0 Å². The van der Waals surface area contributed by atoms with E-state index in [9.17, 15) is 14.9 Å². The number of hydrogen-bond acceptors (Lipinski definition) is 3. The molecule has 5 rings (SSSR count). The maximum absolute atomic E-state index is 13.4. The van der Waals surface area contributed by atoms with Gasteiger partial charge in [-0.05, 0) is 49.7 Å². The molecule has 5 nitrogen and oxygen atoms in total. The number of nitrogens with zero attached hydrogens (tertiary/aromatic N) is 3. The lowest BCUT2D eigenvalue weighted by atomic mass is 9.94. The molecular weight excluding hydrogens is 326 g/mol. The molecule has 0 N–H and O–H groups in total. The summed E-state index contributed by atoms with van der Waals surface area (Å²) >= 11 is 0. The summed E-state index contributed by atoms with van der Waals surface area (Å²) in [6.07, 6.45) is 1.10. The molecule has 0 saturated carbocycles. The van der Waals surface area contributed by atoms with Crippen LogP contribution in [0.1, 0.15) is 41.4 Å². The Morgan fingerprint density at radius 2 is 1.92 bits per heavy atom. The maximum atomic E-state index is 13.4. The van der Waals surface area contributed by atoms with Crippen LogP contribution in [0.25, 0.3) is 10.9 Å². The Bertz CT molecular complexity index is 1170. The van der Waals surface area contributed by atoms with Crippen LogP contribution in [0, 0.1) is 11.3 Å². The van der Waals surface area contributed by atoms with Crippen molar-refractivity contribution in [3.63, 3.8) is 0 Å². The molecule has 1 amide bonds. The summed E-state index contributed by atoms with van der Waals surface area (Å²) in [7, 11) is 0. The first-order valence-corrected chi connectivity index (χ1v) is 8.57. The molecule has 2 aliphatic heterocycles. The van der Waals surface area contributed by atoms with Crippen LogP contribution in [0.5, 0.6) is 0 Å². The predicted octanol–water partition coefficient (Wildman–Crippen LogP) is 3.56. The first kappa shape index (κ1) is 14.9. The zero-order valence-electron chi connectivity index (χ0n) is 14.2. The summed E-state index contributed by atoms with van der Waals surface area (Å²) < 4.78 is 1.72. The number of nitriles is 1. The quantitative estimate of drug-likeness (QED) is 0.628. The Morgan fingerprint density at radius 3 is 2.73 bits per heavy atom. The molecule has 126 valence electrons. The highest BCUT2D eigenvalue weighted by Gasteiger charge is 2.49. The summed E-state index contributed by atoms with van der Waals surface area (Å²) in [5.41, 5.74) is 2.72. The van der Waals surface area contributed by atoms with Gasteiger partial charge in [-0.1, -0.05) is 12.1 Å². The average Bonchev–Trinajstić information content (AvgIpc) is 3.17. The second-order valence-corrected chi connectivity index (χ2v) is 7.08. The largest absolute Gasteiger partial charge is 0.300 e. The van der Waals surface area contributed by atoms with Gasteiger partial charge in [0.05, 0.1) is 39.6 Å². The number of benzene rings is 2. The highest BCUT2D eigenvalue weighted by molar-refractivity contribution is 6.12. The van der Waals surface area contributed by atoms with E-state index in [0.717, 1.165) is 16.6 Å². The normalized spacial score (nSPS) is 21.2. The molecule has 0 aliphatic carbocycles. The number of fused-ring (bicyclic) bond motifs is 7. The SMILES string of the molecule is CC12CCC(=O)N1c1ccccc1C(=O)n1c2cc2cc(C#N)ccc21. The number of anilines is 1. The summed E-state index contributed by atoms with van der Waals surface area (Å²) in [6, 6.07) is 16.7. The van der Waals surface area contributed by atoms with Gasteiger partial charge in [-0.2, -0.15) is 5.26 Å². The van der Waals surface area contributed by atoms with E-state index >= 15 is 0 Å². The average molecular weight is 341 g/mol. The van der Waals surface area contributed by atoms with Gasteiger partial charge in [-0.25, -0.2) is 0 Å². The molecule has 0 bridgehead atoms. The molecule has 0 radical (unpaired) electrons. The first-order valence-electron chi connectivity index (χ1n) is 8.57. The van der Waals surface area contributed by atoms with Crippen molar-refractivity contribution in [2.45, 2.75) is 25.3 Å². The molecule has 1 fully saturated rings. The van der Waals surface area contributed by atoms with Gasteiger partial charge in [0.15, 0.2) is 0 Å². The van der Waals surface area contributed by atoms with E-state index in [1.165, 1.54) is 0 Å². The van der Waals surface area contributed by atoms with Gasteiger partial charge in [0.1, 0.15) is 0 Å². The van der Waals surface area contributed by atoms with Gasteiger partial charge in [0, 0.05) is 11.8 Å². The van der Waals surface area contributed by atoms with Crippen molar-refractivity contribution >= 4 is 28.4 Å². The smallest absolute Gasteiger partial charge is 0.264 e. The van der Waals surface area contributed by atoms with Crippen molar-refractivity contribution in [3.8, 4) is 6.07 Å². The molecule has 3 aromatic rings. The molecule has 2 aliphatic rings. The van der Waals surface area contributed by atoms with Crippen LogP contribution in [0.4, 0.5) is 5.69 Å². The molecule has 1 unspecified atom stereocenters. The zero-order chi connectivity index (χ0) is 18.1. The molecule has 1 aromatic heterocycles. The number of rotatable bonds is 0. The third-order valence-corrected chi connectivity index (χ3v) is 5.63. The van der Waals surface area contributed by atoms with Gasteiger partial charge < -0.3 is 4.90 Å². The lowest BCUT2D eigenvalue weighted by molar-refractivity contribution is -0.117. The molecule has 5 heteroatoms. The van der Waals surface area contributed by atoms with Crippen LogP contribution in [0.3, 0.4) is 0 Å². The van der Waals surface area contributed by atoms with Crippen LogP contribution >= 0.6 is 0 Å². The Kier molecular flexibility index (Phi) is 2.77. The van der Waals surface area contributed by atoms with E-state index in [1.54, 1.807) is 27.7 Å². The molecular formula is C21H15N3O2. The molecule has 26 heavy (non-hydrogen) atoms. The summed E-state index contributed by atoms with van der Waals surface area (Å²) in [4.78, 5) is 27.9. The fourth-order valence-electron chi connectivity index (χ4n) is 4.36. The monoisotopic (exact) mass is 341 g/mol. The molecule has 2 aromatic carbocycles. The van der Waals surface area contributed by atoms with Crippen LogP contribution in [0.2, 0.25) is 0 Å². The standard InChI is InChI=1S/C21H15N3O2/c1-21-9-8-19(25)24(21)17-5-3-2-4-15(17)20(26)23-16-7-6-13(12-22)10-14(16)11-18(21)23/h2-7,10-11H,8-9H2,1H3. The highest BCUT2D eigenvalue weighted by Crippen LogP contribution is 2.47. The first-order chi connectivity index (χ1) is 12.5. The summed E-state index contributed by atoms with van der Waals surface area (Å²) in [5.74, 6) is -0.108. The van der Waals surface area contributed by atoms with E-state index in [0.29, 0.717) is 29.7 Å². The number of amides is 1. The van der Waals surface area contributed by atoms with Crippen LogP contribution in [-0.2, 0) is 10.3 Å². The number of para-hydroxylation sites is 1. The summed E-state index contributed by atoms with van der Waals surface area (Å²) in [6.45, 7) is 2.02. The Balaban J connectivity index is 1.92. The van der Waals surface area contributed by atoms with Crippen molar-refractivity contribution < 1.29 is 9.59 Å². The number of carbonyl (C=O) groups excluding carboxylic acids is 2. The van der Waals surface area contributed by atoms with Gasteiger partial charge >= 0.3 is 0 Å². The van der Waals surface area contributed by atoms with Crippen LogP contribution in [0.15, 0.2) is 48.5 Å². The molecule has 1 saturated heterocycles. The van der Waals surface area contributed by atoms with E-state index in [1.807, 2.05) is 37.3 Å². The number of aromatic nitrogens is 1. The topological polar surface area (TPSA) is 66.1 Å². The molecule has 0 spiro atoms. The van der Waals surface area contributed by atoms with E-state index < -0.39 is 5.54 Å². The predicted molar refractivity (Wildman–Crippen MR) is 96.9 cm³/mol. The van der Waals surface area contributed by atoms with Crippen molar-refractivity contribution in [3.05, 3.63) is 65.4 Å². The lowest BCUT2D eigenvalue weighted by Gasteiger charge is -2.34. The molecule has 3 heterocycles. The van der Waals surface area contributed by atoms with Crippen molar-refractivity contribution in [1.82, 2.24) is 4.57 Å². The Labute approximate surface area is 150 Å². The van der Waals surface area contributed by atoms with Crippen LogP contribution in [-0.4, -0.2) is 16.4 Å². The highest BCUT2D eigenvalue weighted by atomic mass is 16.2. The van der Waals surface area contributed by atoms with Crippen LogP contribution < -0.4 is 4.90 Å². The number of carbonyl (C=O) groups is 2.